The second kappa shape index (κ2) is 8.71. The van der Waals surface area contributed by atoms with Crippen LogP contribution in [-0.2, 0) is 16.0 Å². The third-order valence-electron chi connectivity index (χ3n) is 5.86. The molecule has 1 amide bonds. The molecule has 5 heteroatoms. The standard InChI is InChI=1S/C28H22N2O3/c1-33-28(32)25(17-21-15-14-18-8-4-7-13-24(18)29-21)30-27(31)26-22-11-5-2-9-19(22)16-20-10-3-6-12-23(20)26/h2-16,25H,17H2,1H3,(H,30,31)/t25-/m1/s1. The number of methoxy groups -OCH3 is 1. The predicted molar refractivity (Wildman–Crippen MR) is 130 cm³/mol. The first-order valence-corrected chi connectivity index (χ1v) is 10.8. The largest absolute Gasteiger partial charge is 0.467 e. The molecule has 1 N–H and O–H groups in total. The number of carbonyl (C=O) groups excluding carboxylic acids is 2. The van der Waals surface area contributed by atoms with E-state index in [9.17, 15) is 9.59 Å². The van der Waals surface area contributed by atoms with E-state index in [0.717, 1.165) is 32.4 Å². The quantitative estimate of drug-likeness (QED) is 0.310. The van der Waals surface area contributed by atoms with Crippen molar-refractivity contribution in [3.05, 3.63) is 102 Å². The highest BCUT2D eigenvalue weighted by Gasteiger charge is 2.25. The lowest BCUT2D eigenvalue weighted by Gasteiger charge is -2.18. The molecule has 4 aromatic carbocycles. The second-order valence-electron chi connectivity index (χ2n) is 7.94. The number of rotatable bonds is 5. The third-order valence-corrected chi connectivity index (χ3v) is 5.86. The lowest BCUT2D eigenvalue weighted by Crippen LogP contribution is -2.43. The summed E-state index contributed by atoms with van der Waals surface area (Å²) < 4.78 is 5.00. The van der Waals surface area contributed by atoms with Gasteiger partial charge in [0, 0.05) is 17.5 Å². The van der Waals surface area contributed by atoms with Gasteiger partial charge in [-0.1, -0.05) is 72.8 Å². The average molecular weight is 434 g/mol. The number of para-hydroxylation sites is 1. The zero-order chi connectivity index (χ0) is 22.8. The molecule has 0 aliphatic rings. The average Bonchev–Trinajstić information content (AvgIpc) is 2.86. The topological polar surface area (TPSA) is 68.3 Å². The maximum Gasteiger partial charge on any atom is 0.328 e. The number of carbonyl (C=O) groups is 2. The molecule has 0 unspecified atom stereocenters. The molecule has 33 heavy (non-hydrogen) atoms. The highest BCUT2D eigenvalue weighted by Crippen LogP contribution is 2.28. The first kappa shape index (κ1) is 20.6. The Labute approximate surface area is 191 Å². The van der Waals surface area contributed by atoms with Gasteiger partial charge in [-0.3, -0.25) is 9.78 Å². The van der Waals surface area contributed by atoms with Crippen molar-refractivity contribution in [2.75, 3.05) is 7.11 Å². The Hall–Kier alpha value is -4.25. The lowest BCUT2D eigenvalue weighted by molar-refractivity contribution is -0.142. The van der Waals surface area contributed by atoms with Crippen LogP contribution >= 0.6 is 0 Å². The fraction of sp³-hybridized carbons (Fsp3) is 0.107. The molecule has 0 saturated carbocycles. The third kappa shape index (κ3) is 4.01. The fourth-order valence-corrected chi connectivity index (χ4v) is 4.26. The van der Waals surface area contributed by atoms with E-state index in [1.807, 2.05) is 84.9 Å². The number of benzene rings is 4. The van der Waals surface area contributed by atoms with Crippen molar-refractivity contribution in [1.82, 2.24) is 10.3 Å². The second-order valence-corrected chi connectivity index (χ2v) is 7.94. The molecule has 1 heterocycles. The van der Waals surface area contributed by atoms with Crippen molar-refractivity contribution in [2.45, 2.75) is 12.5 Å². The summed E-state index contributed by atoms with van der Waals surface area (Å²) in [5, 5.41) is 7.53. The number of fused-ring (bicyclic) bond motifs is 3. The van der Waals surface area contributed by atoms with E-state index in [0.29, 0.717) is 11.3 Å². The first-order chi connectivity index (χ1) is 16.1. The lowest BCUT2D eigenvalue weighted by atomic mass is 9.96. The van der Waals surface area contributed by atoms with Crippen molar-refractivity contribution in [3.8, 4) is 0 Å². The zero-order valence-corrected chi connectivity index (χ0v) is 18.1. The van der Waals surface area contributed by atoms with Crippen LogP contribution in [-0.4, -0.2) is 30.0 Å². The van der Waals surface area contributed by atoms with Gasteiger partial charge in [0.05, 0.1) is 18.2 Å². The van der Waals surface area contributed by atoms with Crippen molar-refractivity contribution in [3.63, 3.8) is 0 Å². The number of aromatic nitrogens is 1. The van der Waals surface area contributed by atoms with Crippen LogP contribution in [0, 0.1) is 0 Å². The Balaban J connectivity index is 1.52. The summed E-state index contributed by atoms with van der Waals surface area (Å²) in [7, 11) is 1.32. The van der Waals surface area contributed by atoms with Crippen LogP contribution in [0.3, 0.4) is 0 Å². The molecular formula is C28H22N2O3. The number of hydrogen-bond acceptors (Lipinski definition) is 4. The molecule has 5 nitrogen and oxygen atoms in total. The van der Waals surface area contributed by atoms with E-state index in [4.69, 9.17) is 4.74 Å². The molecule has 0 aliphatic heterocycles. The Kier molecular flexibility index (Phi) is 5.45. The number of hydrogen-bond donors (Lipinski definition) is 1. The van der Waals surface area contributed by atoms with Gasteiger partial charge in [0.1, 0.15) is 6.04 Å². The molecule has 0 saturated heterocycles. The summed E-state index contributed by atoms with van der Waals surface area (Å²) >= 11 is 0. The van der Waals surface area contributed by atoms with E-state index >= 15 is 0 Å². The smallest absolute Gasteiger partial charge is 0.328 e. The van der Waals surface area contributed by atoms with Crippen molar-refractivity contribution in [1.29, 1.82) is 0 Å². The van der Waals surface area contributed by atoms with E-state index in [-0.39, 0.29) is 12.3 Å². The van der Waals surface area contributed by atoms with E-state index in [1.54, 1.807) is 0 Å². The first-order valence-electron chi connectivity index (χ1n) is 10.8. The molecular weight excluding hydrogens is 412 g/mol. The van der Waals surface area contributed by atoms with Gasteiger partial charge in [-0.25, -0.2) is 4.79 Å². The Bertz CT molecular complexity index is 1460. The summed E-state index contributed by atoms with van der Waals surface area (Å²) in [6, 6.07) is 28.3. The maximum atomic E-state index is 13.6. The van der Waals surface area contributed by atoms with Gasteiger partial charge < -0.3 is 10.1 Å². The highest BCUT2D eigenvalue weighted by molar-refractivity contribution is 6.18. The van der Waals surface area contributed by atoms with Crippen LogP contribution in [0.1, 0.15) is 16.1 Å². The minimum Gasteiger partial charge on any atom is -0.467 e. The highest BCUT2D eigenvalue weighted by atomic mass is 16.5. The number of ether oxygens (including phenoxy) is 1. The fourth-order valence-electron chi connectivity index (χ4n) is 4.26. The molecule has 0 radical (unpaired) electrons. The number of pyridine rings is 1. The minimum atomic E-state index is -0.867. The van der Waals surface area contributed by atoms with E-state index in [1.165, 1.54) is 7.11 Å². The Morgan fingerprint density at radius 3 is 2.09 bits per heavy atom. The Morgan fingerprint density at radius 1 is 0.818 bits per heavy atom. The van der Waals surface area contributed by atoms with Crippen LogP contribution in [0.25, 0.3) is 32.4 Å². The molecule has 1 atom stereocenters. The summed E-state index contributed by atoms with van der Waals surface area (Å²) in [4.78, 5) is 30.8. The predicted octanol–water partition coefficient (Wildman–Crippen LogP) is 5.06. The zero-order valence-electron chi connectivity index (χ0n) is 18.1. The van der Waals surface area contributed by atoms with Crippen LogP contribution in [0.2, 0.25) is 0 Å². The van der Waals surface area contributed by atoms with Crippen LogP contribution in [0.4, 0.5) is 0 Å². The molecule has 0 fully saturated rings. The molecule has 5 rings (SSSR count). The van der Waals surface area contributed by atoms with Crippen LogP contribution in [0.15, 0.2) is 91.0 Å². The molecule has 5 aromatic rings. The number of amides is 1. The van der Waals surface area contributed by atoms with Crippen molar-refractivity contribution >= 4 is 44.3 Å². The van der Waals surface area contributed by atoms with Crippen molar-refractivity contribution in [2.24, 2.45) is 0 Å². The normalized spacial score (nSPS) is 12.0. The molecule has 162 valence electrons. The molecule has 0 spiro atoms. The number of nitrogens with zero attached hydrogens (tertiary/aromatic N) is 1. The van der Waals surface area contributed by atoms with Crippen LogP contribution in [0.5, 0.6) is 0 Å². The minimum absolute atomic E-state index is 0.228. The van der Waals surface area contributed by atoms with Gasteiger partial charge in [0.15, 0.2) is 0 Å². The van der Waals surface area contributed by atoms with Gasteiger partial charge in [0.25, 0.3) is 5.91 Å². The number of nitrogens with one attached hydrogen (secondary N) is 1. The van der Waals surface area contributed by atoms with Crippen LogP contribution < -0.4 is 5.32 Å². The summed E-state index contributed by atoms with van der Waals surface area (Å²) in [6.45, 7) is 0. The van der Waals surface area contributed by atoms with Gasteiger partial charge in [-0.2, -0.15) is 0 Å². The molecule has 0 bridgehead atoms. The SMILES string of the molecule is COC(=O)[C@@H](Cc1ccc2ccccc2n1)NC(=O)c1c2ccccc2cc2ccccc12. The van der Waals surface area contributed by atoms with E-state index in [2.05, 4.69) is 16.4 Å². The summed E-state index contributed by atoms with van der Waals surface area (Å²) in [6.07, 6.45) is 0.228. The molecule has 0 aliphatic carbocycles. The van der Waals surface area contributed by atoms with Gasteiger partial charge in [-0.05, 0) is 39.7 Å². The maximum absolute atomic E-state index is 13.6. The monoisotopic (exact) mass is 434 g/mol. The summed E-state index contributed by atoms with van der Waals surface area (Å²) in [5.41, 5.74) is 2.08. The summed E-state index contributed by atoms with van der Waals surface area (Å²) in [5.74, 6) is -0.831. The number of esters is 1. The molecule has 1 aromatic heterocycles. The van der Waals surface area contributed by atoms with Gasteiger partial charge >= 0.3 is 5.97 Å². The van der Waals surface area contributed by atoms with E-state index < -0.39 is 12.0 Å². The Morgan fingerprint density at radius 2 is 1.42 bits per heavy atom. The van der Waals surface area contributed by atoms with Gasteiger partial charge in [-0.15, -0.1) is 0 Å². The van der Waals surface area contributed by atoms with Crippen molar-refractivity contribution < 1.29 is 14.3 Å². The van der Waals surface area contributed by atoms with Gasteiger partial charge in [0.2, 0.25) is 0 Å².